The highest BCUT2D eigenvalue weighted by atomic mass is 14.7. The zero-order valence-corrected chi connectivity index (χ0v) is 11.4. The van der Waals surface area contributed by atoms with E-state index in [9.17, 15) is 5.26 Å². The van der Waals surface area contributed by atoms with E-state index in [4.69, 9.17) is 5.26 Å². The second kappa shape index (κ2) is 4.51. The molecule has 100 valence electrons. The number of rotatable bonds is 0. The van der Waals surface area contributed by atoms with Gasteiger partial charge in [0.1, 0.15) is 12.1 Å². The third-order valence-corrected chi connectivity index (χ3v) is 3.82. The third kappa shape index (κ3) is 1.69. The van der Waals surface area contributed by atoms with Crippen molar-refractivity contribution in [3.8, 4) is 12.1 Å². The lowest BCUT2D eigenvalue weighted by atomic mass is 9.98. The minimum Gasteiger partial charge on any atom is -0.264 e. The number of benzene rings is 2. The van der Waals surface area contributed by atoms with Crippen LogP contribution >= 0.6 is 0 Å². The second-order valence-corrected chi connectivity index (χ2v) is 5.07. The van der Waals surface area contributed by atoms with Crippen LogP contribution in [0.5, 0.6) is 0 Å². The van der Waals surface area contributed by atoms with Gasteiger partial charge in [-0.15, -0.1) is 0 Å². The Morgan fingerprint density at radius 1 is 0.773 bits per heavy atom. The Kier molecular flexibility index (Phi) is 2.51. The number of hydrogen-bond acceptors (Lipinski definition) is 4. The van der Waals surface area contributed by atoms with Crippen LogP contribution in [0.4, 0.5) is 0 Å². The molecule has 0 saturated heterocycles. The quantitative estimate of drug-likeness (QED) is 0.460. The van der Waals surface area contributed by atoms with Crippen LogP contribution < -0.4 is 0 Å². The van der Waals surface area contributed by atoms with Gasteiger partial charge < -0.3 is 0 Å². The highest BCUT2D eigenvalue weighted by Gasteiger charge is 2.10. The van der Waals surface area contributed by atoms with Gasteiger partial charge in [0.15, 0.2) is 5.69 Å². The van der Waals surface area contributed by atoms with Crippen molar-refractivity contribution in [2.45, 2.75) is 0 Å². The fourth-order valence-corrected chi connectivity index (χ4v) is 2.75. The molecule has 2 aromatic heterocycles. The van der Waals surface area contributed by atoms with Crippen LogP contribution in [0.2, 0.25) is 0 Å². The summed E-state index contributed by atoms with van der Waals surface area (Å²) in [5.41, 5.74) is 0.491. The lowest BCUT2D eigenvalue weighted by molar-refractivity contribution is 1.27. The topological polar surface area (TPSA) is 73.4 Å². The Morgan fingerprint density at radius 3 is 2.36 bits per heavy atom. The van der Waals surface area contributed by atoms with E-state index in [1.807, 2.05) is 36.5 Å². The maximum absolute atomic E-state index is 9.34. The van der Waals surface area contributed by atoms with Crippen LogP contribution in [0.25, 0.3) is 32.3 Å². The van der Waals surface area contributed by atoms with Gasteiger partial charge in [-0.05, 0) is 46.5 Å². The van der Waals surface area contributed by atoms with E-state index in [1.54, 1.807) is 12.4 Å². The molecular weight excluding hydrogens is 272 g/mol. The number of nitrogens with zero attached hydrogens (tertiary/aromatic N) is 4. The van der Waals surface area contributed by atoms with Crippen LogP contribution in [0.15, 0.2) is 48.9 Å². The minimum absolute atomic E-state index is 0.164. The van der Waals surface area contributed by atoms with E-state index in [-0.39, 0.29) is 5.69 Å². The molecule has 0 bridgehead atoms. The molecule has 0 aliphatic heterocycles. The van der Waals surface area contributed by atoms with Crippen molar-refractivity contribution in [3.05, 3.63) is 60.2 Å². The summed E-state index contributed by atoms with van der Waals surface area (Å²) in [5.74, 6) is 0. The standard InChI is InChI=1S/C18H8N4/c19-7-17-16-6-13-4-14-9-21-2-1-11(14)3-12(13)5-15(16)10-22-18(17)8-20/h1-6,9-10H. The van der Waals surface area contributed by atoms with Crippen LogP contribution in [0.3, 0.4) is 0 Å². The molecular formula is C18H8N4. The summed E-state index contributed by atoms with van der Waals surface area (Å²) >= 11 is 0. The van der Waals surface area contributed by atoms with Crippen molar-refractivity contribution in [2.75, 3.05) is 0 Å². The summed E-state index contributed by atoms with van der Waals surface area (Å²) in [5, 5.41) is 24.3. The van der Waals surface area contributed by atoms with Gasteiger partial charge in [-0.25, -0.2) is 4.98 Å². The molecule has 0 saturated carbocycles. The predicted octanol–water partition coefficient (Wildman–Crippen LogP) is 3.68. The molecule has 0 fully saturated rings. The van der Waals surface area contributed by atoms with Crippen molar-refractivity contribution in [1.29, 1.82) is 10.5 Å². The van der Waals surface area contributed by atoms with Gasteiger partial charge in [0.25, 0.3) is 0 Å². The van der Waals surface area contributed by atoms with Crippen molar-refractivity contribution in [1.82, 2.24) is 9.97 Å². The Balaban J connectivity index is 2.18. The average Bonchev–Trinajstić information content (AvgIpc) is 2.57. The maximum atomic E-state index is 9.34. The van der Waals surface area contributed by atoms with Gasteiger partial charge in [-0.1, -0.05) is 0 Å². The molecule has 0 unspecified atom stereocenters. The minimum atomic E-state index is 0.164. The van der Waals surface area contributed by atoms with E-state index in [0.717, 1.165) is 32.3 Å². The molecule has 2 aromatic carbocycles. The number of fused-ring (bicyclic) bond motifs is 3. The summed E-state index contributed by atoms with van der Waals surface area (Å²) in [6.45, 7) is 0. The Bertz CT molecular complexity index is 1150. The van der Waals surface area contributed by atoms with Crippen molar-refractivity contribution < 1.29 is 0 Å². The molecule has 22 heavy (non-hydrogen) atoms. The average molecular weight is 280 g/mol. The van der Waals surface area contributed by atoms with Gasteiger partial charge in [0, 0.05) is 34.7 Å². The Labute approximate surface area is 125 Å². The zero-order chi connectivity index (χ0) is 15.1. The Morgan fingerprint density at radius 2 is 1.55 bits per heavy atom. The second-order valence-electron chi connectivity index (χ2n) is 5.07. The fourth-order valence-electron chi connectivity index (χ4n) is 2.75. The predicted molar refractivity (Wildman–Crippen MR) is 84.0 cm³/mol. The molecule has 4 aromatic rings. The largest absolute Gasteiger partial charge is 0.264 e. The SMILES string of the molecule is N#Cc1ncc2cc3cc4ccncc4cc3cc2c1C#N. The number of nitriles is 2. The molecule has 4 rings (SSSR count). The highest BCUT2D eigenvalue weighted by Crippen LogP contribution is 2.29. The normalized spacial score (nSPS) is 10.6. The van der Waals surface area contributed by atoms with Gasteiger partial charge in [0.2, 0.25) is 0 Å². The van der Waals surface area contributed by atoms with E-state index in [0.29, 0.717) is 5.56 Å². The molecule has 0 atom stereocenters. The monoisotopic (exact) mass is 280 g/mol. The van der Waals surface area contributed by atoms with Gasteiger partial charge in [0.05, 0.1) is 5.56 Å². The number of aromatic nitrogens is 2. The maximum Gasteiger partial charge on any atom is 0.158 e. The lowest BCUT2D eigenvalue weighted by Crippen LogP contribution is -1.91. The summed E-state index contributed by atoms with van der Waals surface area (Å²) in [6, 6.07) is 14.1. The molecule has 0 N–H and O–H groups in total. The fraction of sp³-hybridized carbons (Fsp3) is 0. The first-order valence-electron chi connectivity index (χ1n) is 6.70. The van der Waals surface area contributed by atoms with Crippen molar-refractivity contribution in [2.24, 2.45) is 0 Å². The van der Waals surface area contributed by atoms with Gasteiger partial charge >= 0.3 is 0 Å². The molecule has 0 amide bonds. The van der Waals surface area contributed by atoms with Crippen molar-refractivity contribution >= 4 is 32.3 Å². The molecule has 4 heteroatoms. The first-order valence-corrected chi connectivity index (χ1v) is 6.70. The van der Waals surface area contributed by atoms with E-state index >= 15 is 0 Å². The first kappa shape index (κ1) is 12.3. The molecule has 0 radical (unpaired) electrons. The lowest BCUT2D eigenvalue weighted by Gasteiger charge is -2.06. The Hall–Kier alpha value is -3.50. The molecule has 0 aliphatic carbocycles. The molecule has 0 aliphatic rings. The van der Waals surface area contributed by atoms with E-state index in [1.165, 1.54) is 0 Å². The van der Waals surface area contributed by atoms with E-state index < -0.39 is 0 Å². The van der Waals surface area contributed by atoms with E-state index in [2.05, 4.69) is 22.1 Å². The van der Waals surface area contributed by atoms with Crippen molar-refractivity contribution in [3.63, 3.8) is 0 Å². The third-order valence-electron chi connectivity index (χ3n) is 3.82. The highest BCUT2D eigenvalue weighted by molar-refractivity contribution is 6.05. The number of pyridine rings is 2. The molecule has 2 heterocycles. The summed E-state index contributed by atoms with van der Waals surface area (Å²) in [4.78, 5) is 8.21. The van der Waals surface area contributed by atoms with Crippen LogP contribution in [0, 0.1) is 22.7 Å². The summed E-state index contributed by atoms with van der Waals surface area (Å²) < 4.78 is 0. The van der Waals surface area contributed by atoms with Crippen LogP contribution in [0.1, 0.15) is 11.3 Å². The first-order chi connectivity index (χ1) is 10.8. The van der Waals surface area contributed by atoms with Gasteiger partial charge in [-0.3, -0.25) is 4.98 Å². The van der Waals surface area contributed by atoms with Gasteiger partial charge in [-0.2, -0.15) is 10.5 Å². The summed E-state index contributed by atoms with van der Waals surface area (Å²) in [6.07, 6.45) is 5.23. The molecule has 4 nitrogen and oxygen atoms in total. The number of hydrogen-bond donors (Lipinski definition) is 0. The zero-order valence-electron chi connectivity index (χ0n) is 11.4. The van der Waals surface area contributed by atoms with Crippen LogP contribution in [-0.4, -0.2) is 9.97 Å². The smallest absolute Gasteiger partial charge is 0.158 e. The molecule has 0 spiro atoms. The summed E-state index contributed by atoms with van der Waals surface area (Å²) in [7, 11) is 0. The van der Waals surface area contributed by atoms with Crippen LogP contribution in [-0.2, 0) is 0 Å².